The summed E-state index contributed by atoms with van der Waals surface area (Å²) in [5.41, 5.74) is -0.631. The van der Waals surface area contributed by atoms with Crippen molar-refractivity contribution in [3.05, 3.63) is 27.7 Å². The topological polar surface area (TPSA) is 39.2 Å². The Kier molecular flexibility index (Phi) is 4.28. The van der Waals surface area contributed by atoms with Crippen LogP contribution in [0.5, 0.6) is 0 Å². The molecule has 3 nitrogen and oxygen atoms in total. The molecular formula is C9H7BrF3NO2. The maximum absolute atomic E-state index is 12.8. The van der Waals surface area contributed by atoms with E-state index in [9.17, 15) is 18.0 Å². The molecule has 0 saturated heterocycles. The lowest BCUT2D eigenvalue weighted by Gasteiger charge is -2.09. The van der Waals surface area contributed by atoms with Crippen molar-refractivity contribution in [2.24, 2.45) is 0 Å². The van der Waals surface area contributed by atoms with Crippen molar-refractivity contribution >= 4 is 21.9 Å². The molecule has 0 atom stereocenters. The van der Waals surface area contributed by atoms with Crippen LogP contribution < -0.4 is 0 Å². The Hall–Kier alpha value is -1.11. The third-order valence-electron chi connectivity index (χ3n) is 1.86. The number of nitrogens with zero attached hydrogens (tertiary/aromatic N) is 1. The van der Waals surface area contributed by atoms with Crippen LogP contribution in [0.1, 0.15) is 17.6 Å². The van der Waals surface area contributed by atoms with E-state index in [4.69, 9.17) is 0 Å². The lowest BCUT2D eigenvalue weighted by Crippen LogP contribution is -2.09. The quantitative estimate of drug-likeness (QED) is 0.636. The van der Waals surface area contributed by atoms with Gasteiger partial charge in [-0.2, -0.15) is 4.39 Å². The van der Waals surface area contributed by atoms with Crippen molar-refractivity contribution in [1.82, 2.24) is 4.98 Å². The monoisotopic (exact) mass is 297 g/mol. The van der Waals surface area contributed by atoms with Crippen molar-refractivity contribution in [2.75, 3.05) is 7.11 Å². The van der Waals surface area contributed by atoms with Gasteiger partial charge in [-0.3, -0.25) is 4.79 Å². The van der Waals surface area contributed by atoms with Gasteiger partial charge in [0, 0.05) is 17.2 Å². The van der Waals surface area contributed by atoms with Crippen LogP contribution in [0, 0.1) is 5.95 Å². The number of rotatable bonds is 3. The van der Waals surface area contributed by atoms with E-state index in [1.807, 2.05) is 0 Å². The van der Waals surface area contributed by atoms with E-state index in [1.165, 1.54) is 0 Å². The Balaban J connectivity index is 3.19. The molecular weight excluding hydrogens is 291 g/mol. The molecule has 0 amide bonds. The Morgan fingerprint density at radius 3 is 2.75 bits per heavy atom. The molecule has 0 N–H and O–H groups in total. The largest absolute Gasteiger partial charge is 0.469 e. The van der Waals surface area contributed by atoms with Crippen LogP contribution in [0.4, 0.5) is 13.2 Å². The summed E-state index contributed by atoms with van der Waals surface area (Å²) < 4.78 is 42.2. The van der Waals surface area contributed by atoms with Gasteiger partial charge < -0.3 is 4.74 Å². The Morgan fingerprint density at radius 1 is 1.62 bits per heavy atom. The van der Waals surface area contributed by atoms with Gasteiger partial charge in [-0.15, -0.1) is 0 Å². The predicted molar refractivity (Wildman–Crippen MR) is 52.6 cm³/mol. The zero-order valence-electron chi connectivity index (χ0n) is 8.14. The number of aromatic nitrogens is 1. The number of hydrogen-bond acceptors (Lipinski definition) is 3. The first-order valence-corrected chi connectivity index (χ1v) is 4.94. The lowest BCUT2D eigenvalue weighted by atomic mass is 10.1. The summed E-state index contributed by atoms with van der Waals surface area (Å²) in [5, 5.41) is 0. The van der Waals surface area contributed by atoms with E-state index in [2.05, 4.69) is 25.7 Å². The third kappa shape index (κ3) is 2.94. The van der Waals surface area contributed by atoms with Crippen LogP contribution in [-0.4, -0.2) is 18.1 Å². The van der Waals surface area contributed by atoms with Crippen LogP contribution in [0.3, 0.4) is 0 Å². The molecule has 0 radical (unpaired) electrons. The second kappa shape index (κ2) is 5.29. The molecule has 0 bridgehead atoms. The number of alkyl halides is 2. The first-order chi connectivity index (χ1) is 7.45. The second-order valence-electron chi connectivity index (χ2n) is 2.86. The van der Waals surface area contributed by atoms with Crippen molar-refractivity contribution in [3.63, 3.8) is 0 Å². The fourth-order valence-corrected chi connectivity index (χ4v) is 1.65. The highest BCUT2D eigenvalue weighted by molar-refractivity contribution is 9.10. The number of carbonyl (C=O) groups excluding carboxylic acids is 1. The Labute approximate surface area is 97.8 Å². The predicted octanol–water partition coefficient (Wildman–Crippen LogP) is 2.64. The smallest absolute Gasteiger partial charge is 0.310 e. The number of pyridine rings is 1. The number of esters is 1. The van der Waals surface area contributed by atoms with Crippen molar-refractivity contribution in [2.45, 2.75) is 12.8 Å². The van der Waals surface area contributed by atoms with Crippen LogP contribution >= 0.6 is 15.9 Å². The summed E-state index contributed by atoms with van der Waals surface area (Å²) in [6, 6.07) is 0.605. The van der Waals surface area contributed by atoms with Crippen LogP contribution in [0.15, 0.2) is 10.7 Å². The number of ether oxygens (including phenoxy) is 1. The molecule has 0 aromatic carbocycles. The minimum atomic E-state index is -2.88. The van der Waals surface area contributed by atoms with E-state index in [-0.39, 0.29) is 16.6 Å². The minimum absolute atomic E-state index is 0.0664. The van der Waals surface area contributed by atoms with Crippen LogP contribution in [0.25, 0.3) is 0 Å². The van der Waals surface area contributed by atoms with Gasteiger partial charge >= 0.3 is 5.97 Å². The van der Waals surface area contributed by atoms with Crippen LogP contribution in [-0.2, 0) is 16.0 Å². The highest BCUT2D eigenvalue weighted by Crippen LogP contribution is 2.28. The molecule has 16 heavy (non-hydrogen) atoms. The zero-order valence-corrected chi connectivity index (χ0v) is 9.72. The number of methoxy groups -OCH3 is 1. The minimum Gasteiger partial charge on any atom is -0.469 e. The van der Waals surface area contributed by atoms with E-state index < -0.39 is 23.9 Å². The number of carbonyl (C=O) groups is 1. The molecule has 1 aromatic heterocycles. The average Bonchev–Trinajstić information content (AvgIpc) is 2.20. The maximum atomic E-state index is 12.8. The van der Waals surface area contributed by atoms with Gasteiger partial charge in [0.1, 0.15) is 4.60 Å². The first-order valence-electron chi connectivity index (χ1n) is 4.15. The van der Waals surface area contributed by atoms with E-state index >= 15 is 0 Å². The second-order valence-corrected chi connectivity index (χ2v) is 3.61. The van der Waals surface area contributed by atoms with Crippen molar-refractivity contribution in [1.29, 1.82) is 0 Å². The molecule has 0 aliphatic heterocycles. The highest BCUT2D eigenvalue weighted by Gasteiger charge is 2.20. The van der Waals surface area contributed by atoms with Gasteiger partial charge in [-0.25, -0.2) is 13.8 Å². The van der Waals surface area contributed by atoms with E-state index in [1.54, 1.807) is 0 Å². The summed E-state index contributed by atoms with van der Waals surface area (Å²) in [5.74, 6) is -1.73. The molecule has 0 aliphatic carbocycles. The fraction of sp³-hybridized carbons (Fsp3) is 0.333. The van der Waals surface area contributed by atoms with Gasteiger partial charge in [0.15, 0.2) is 0 Å². The Morgan fingerprint density at radius 2 is 2.25 bits per heavy atom. The zero-order chi connectivity index (χ0) is 12.3. The molecule has 1 aromatic rings. The molecule has 88 valence electrons. The Bertz CT molecular complexity index is 412. The molecule has 0 unspecified atom stereocenters. The SMILES string of the molecule is COC(=O)Cc1c(C(F)F)cc(F)nc1Br. The average molecular weight is 298 g/mol. The molecule has 0 aliphatic rings. The molecule has 0 spiro atoms. The summed E-state index contributed by atoms with van der Waals surface area (Å²) >= 11 is 2.83. The normalized spacial score (nSPS) is 10.6. The third-order valence-corrected chi connectivity index (χ3v) is 2.52. The molecule has 7 heteroatoms. The van der Waals surface area contributed by atoms with Crippen molar-refractivity contribution in [3.8, 4) is 0 Å². The number of hydrogen-bond donors (Lipinski definition) is 0. The summed E-state index contributed by atoms with van der Waals surface area (Å²) in [6.07, 6.45) is -3.27. The van der Waals surface area contributed by atoms with Gasteiger partial charge in [0.2, 0.25) is 5.95 Å². The lowest BCUT2D eigenvalue weighted by molar-refractivity contribution is -0.139. The van der Waals surface area contributed by atoms with Gasteiger partial charge in [-0.05, 0) is 15.9 Å². The molecule has 0 fully saturated rings. The van der Waals surface area contributed by atoms with Gasteiger partial charge in [-0.1, -0.05) is 0 Å². The van der Waals surface area contributed by atoms with E-state index in [0.29, 0.717) is 6.07 Å². The first kappa shape index (κ1) is 13.0. The van der Waals surface area contributed by atoms with Crippen molar-refractivity contribution < 1.29 is 22.7 Å². The van der Waals surface area contributed by atoms with Crippen LogP contribution in [0.2, 0.25) is 0 Å². The van der Waals surface area contributed by atoms with E-state index in [0.717, 1.165) is 7.11 Å². The van der Waals surface area contributed by atoms with Gasteiger partial charge in [0.05, 0.1) is 13.5 Å². The summed E-state index contributed by atoms with van der Waals surface area (Å²) in [7, 11) is 1.13. The molecule has 0 saturated carbocycles. The maximum Gasteiger partial charge on any atom is 0.310 e. The molecule has 1 rings (SSSR count). The summed E-state index contributed by atoms with van der Waals surface area (Å²) in [4.78, 5) is 14.3. The summed E-state index contributed by atoms with van der Waals surface area (Å²) in [6.45, 7) is 0. The highest BCUT2D eigenvalue weighted by atomic mass is 79.9. The standard InChI is InChI=1S/C9H7BrF3NO2/c1-16-7(15)3-4-5(9(12)13)2-6(11)14-8(4)10/h2,9H,3H2,1H3. The molecule has 1 heterocycles. The number of halogens is 4. The van der Waals surface area contributed by atoms with Gasteiger partial charge in [0.25, 0.3) is 6.43 Å². The fourth-order valence-electron chi connectivity index (χ4n) is 1.11.